The summed E-state index contributed by atoms with van der Waals surface area (Å²) in [6.45, 7) is 1.57. The number of rotatable bonds is 2. The molecule has 0 radical (unpaired) electrons. The summed E-state index contributed by atoms with van der Waals surface area (Å²) >= 11 is 0. The van der Waals surface area contributed by atoms with Crippen molar-refractivity contribution in [1.29, 1.82) is 0 Å². The molecule has 1 aromatic carbocycles. The first-order valence-corrected chi connectivity index (χ1v) is 6.50. The average Bonchev–Trinajstić information content (AvgIpc) is 2.48. The predicted octanol–water partition coefficient (Wildman–Crippen LogP) is 0.468. The SMILES string of the molecule is Cc1c(OS(C)(=O)=O)ccc2c1NC(=O)C2=O. The molecule has 0 saturated carbocycles. The Morgan fingerprint density at radius 2 is 1.88 bits per heavy atom. The number of carbonyl (C=O) groups is 2. The molecule has 1 aromatic rings. The molecule has 7 heteroatoms. The van der Waals surface area contributed by atoms with E-state index in [1.54, 1.807) is 6.92 Å². The monoisotopic (exact) mass is 255 g/mol. The number of nitrogens with one attached hydrogen (secondary N) is 1. The van der Waals surface area contributed by atoms with E-state index in [-0.39, 0.29) is 11.3 Å². The second-order valence-corrected chi connectivity index (χ2v) is 5.26. The van der Waals surface area contributed by atoms with E-state index in [2.05, 4.69) is 5.32 Å². The number of carbonyl (C=O) groups excluding carboxylic acids is 2. The fourth-order valence-corrected chi connectivity index (χ4v) is 2.10. The molecule has 1 aliphatic heterocycles. The minimum Gasteiger partial charge on any atom is -0.382 e. The minimum atomic E-state index is -3.64. The second kappa shape index (κ2) is 3.56. The molecule has 0 aromatic heterocycles. The summed E-state index contributed by atoms with van der Waals surface area (Å²) in [6.07, 6.45) is 0.920. The summed E-state index contributed by atoms with van der Waals surface area (Å²) in [4.78, 5) is 22.5. The van der Waals surface area contributed by atoms with Gasteiger partial charge in [-0.2, -0.15) is 8.42 Å². The average molecular weight is 255 g/mol. The lowest BCUT2D eigenvalue weighted by Gasteiger charge is -2.09. The van der Waals surface area contributed by atoms with Gasteiger partial charge in [-0.3, -0.25) is 9.59 Å². The van der Waals surface area contributed by atoms with Crippen LogP contribution in [0.5, 0.6) is 5.75 Å². The summed E-state index contributed by atoms with van der Waals surface area (Å²) in [6, 6.07) is 2.72. The van der Waals surface area contributed by atoms with Gasteiger partial charge in [0.1, 0.15) is 5.75 Å². The zero-order chi connectivity index (χ0) is 12.8. The molecule has 17 heavy (non-hydrogen) atoms. The van der Waals surface area contributed by atoms with Gasteiger partial charge < -0.3 is 9.50 Å². The van der Waals surface area contributed by atoms with Crippen molar-refractivity contribution in [3.05, 3.63) is 23.3 Å². The lowest BCUT2D eigenvalue weighted by molar-refractivity contribution is -0.112. The Labute approximate surface area is 97.7 Å². The van der Waals surface area contributed by atoms with Crippen molar-refractivity contribution in [2.24, 2.45) is 0 Å². The molecule has 0 atom stereocenters. The van der Waals surface area contributed by atoms with E-state index in [1.165, 1.54) is 12.1 Å². The molecule has 0 unspecified atom stereocenters. The number of fused-ring (bicyclic) bond motifs is 1. The van der Waals surface area contributed by atoms with Crippen molar-refractivity contribution in [2.45, 2.75) is 6.92 Å². The van der Waals surface area contributed by atoms with Crippen molar-refractivity contribution in [3.8, 4) is 5.75 Å². The molecular weight excluding hydrogens is 246 g/mol. The van der Waals surface area contributed by atoms with E-state index in [0.29, 0.717) is 11.3 Å². The van der Waals surface area contributed by atoms with E-state index >= 15 is 0 Å². The predicted molar refractivity (Wildman–Crippen MR) is 59.6 cm³/mol. The lowest BCUT2D eigenvalue weighted by Crippen LogP contribution is -2.12. The molecule has 1 heterocycles. The van der Waals surface area contributed by atoms with Gasteiger partial charge in [0.15, 0.2) is 0 Å². The molecule has 0 bridgehead atoms. The topological polar surface area (TPSA) is 89.5 Å². The Kier molecular flexibility index (Phi) is 2.43. The van der Waals surface area contributed by atoms with Crippen LogP contribution in [0.15, 0.2) is 12.1 Å². The van der Waals surface area contributed by atoms with Crippen LogP contribution in [0.1, 0.15) is 15.9 Å². The quantitative estimate of drug-likeness (QED) is 0.612. The molecule has 1 amide bonds. The number of hydrogen-bond donors (Lipinski definition) is 1. The first-order chi connectivity index (χ1) is 7.79. The Morgan fingerprint density at radius 3 is 2.47 bits per heavy atom. The number of amides is 1. The first-order valence-electron chi connectivity index (χ1n) is 4.68. The number of ketones is 1. The van der Waals surface area contributed by atoms with Crippen LogP contribution in [-0.4, -0.2) is 26.4 Å². The van der Waals surface area contributed by atoms with E-state index in [9.17, 15) is 18.0 Å². The number of anilines is 1. The highest BCUT2D eigenvalue weighted by Gasteiger charge is 2.30. The molecule has 6 nitrogen and oxygen atoms in total. The minimum absolute atomic E-state index is 0.0984. The molecule has 1 N–H and O–H groups in total. The van der Waals surface area contributed by atoms with Crippen molar-refractivity contribution < 1.29 is 22.2 Å². The van der Waals surface area contributed by atoms with Crippen LogP contribution in [0.25, 0.3) is 0 Å². The van der Waals surface area contributed by atoms with Gasteiger partial charge in [-0.15, -0.1) is 0 Å². The second-order valence-electron chi connectivity index (χ2n) is 3.68. The fraction of sp³-hybridized carbons (Fsp3) is 0.200. The maximum atomic E-state index is 11.4. The van der Waals surface area contributed by atoms with E-state index in [4.69, 9.17) is 4.18 Å². The van der Waals surface area contributed by atoms with Crippen LogP contribution in [0.4, 0.5) is 5.69 Å². The third-order valence-electron chi connectivity index (χ3n) is 2.35. The van der Waals surface area contributed by atoms with Gasteiger partial charge >= 0.3 is 10.1 Å². The molecule has 0 spiro atoms. The third kappa shape index (κ3) is 2.01. The van der Waals surface area contributed by atoms with Crippen LogP contribution < -0.4 is 9.50 Å². The maximum absolute atomic E-state index is 11.4. The highest BCUT2D eigenvalue weighted by molar-refractivity contribution is 7.86. The molecule has 2 rings (SSSR count). The zero-order valence-corrected chi connectivity index (χ0v) is 9.92. The highest BCUT2D eigenvalue weighted by Crippen LogP contribution is 2.33. The zero-order valence-electron chi connectivity index (χ0n) is 9.10. The van der Waals surface area contributed by atoms with Gasteiger partial charge in [0.2, 0.25) is 0 Å². The van der Waals surface area contributed by atoms with Crippen LogP contribution in [0.3, 0.4) is 0 Å². The summed E-state index contributed by atoms with van der Waals surface area (Å²) in [5, 5.41) is 2.38. The fourth-order valence-electron chi connectivity index (χ4n) is 1.59. The summed E-state index contributed by atoms with van der Waals surface area (Å²) < 4.78 is 26.7. The van der Waals surface area contributed by atoms with Crippen LogP contribution in [-0.2, 0) is 14.9 Å². The van der Waals surface area contributed by atoms with Crippen LogP contribution in [0, 0.1) is 6.92 Å². The number of benzene rings is 1. The van der Waals surface area contributed by atoms with Gasteiger partial charge in [-0.05, 0) is 19.1 Å². The molecule has 90 valence electrons. The number of hydrogen-bond acceptors (Lipinski definition) is 5. The van der Waals surface area contributed by atoms with E-state index in [0.717, 1.165) is 6.26 Å². The summed E-state index contributed by atoms with van der Waals surface area (Å²) in [7, 11) is -3.64. The van der Waals surface area contributed by atoms with E-state index in [1.807, 2.05) is 0 Å². The lowest BCUT2D eigenvalue weighted by atomic mass is 10.1. The molecule has 0 fully saturated rings. The van der Waals surface area contributed by atoms with Gasteiger partial charge in [-0.25, -0.2) is 0 Å². The van der Waals surface area contributed by atoms with E-state index < -0.39 is 21.8 Å². The Balaban J connectivity index is 2.53. The highest BCUT2D eigenvalue weighted by atomic mass is 32.2. The van der Waals surface area contributed by atoms with Crippen molar-refractivity contribution in [3.63, 3.8) is 0 Å². The van der Waals surface area contributed by atoms with Crippen molar-refractivity contribution >= 4 is 27.5 Å². The normalized spacial score (nSPS) is 14.5. The largest absolute Gasteiger partial charge is 0.382 e. The number of Topliss-reactive ketones (excluding diaryl/α,β-unsaturated/α-hetero) is 1. The first kappa shape index (κ1) is 11.6. The maximum Gasteiger partial charge on any atom is 0.306 e. The van der Waals surface area contributed by atoms with Crippen LogP contribution in [0.2, 0.25) is 0 Å². The molecular formula is C10H9NO5S. The van der Waals surface area contributed by atoms with Gasteiger partial charge in [0.25, 0.3) is 11.7 Å². The summed E-state index contributed by atoms with van der Waals surface area (Å²) in [5.74, 6) is -1.25. The molecule has 1 aliphatic rings. The molecule has 0 aliphatic carbocycles. The van der Waals surface area contributed by atoms with Crippen LogP contribution >= 0.6 is 0 Å². The van der Waals surface area contributed by atoms with Crippen molar-refractivity contribution in [2.75, 3.05) is 11.6 Å². The standard InChI is InChI=1S/C10H9NO5S/c1-5-7(16-17(2,14)15)4-3-6-8(5)11-10(13)9(6)12/h3-4H,1-2H3,(H,11,12,13). The Hall–Kier alpha value is -1.89. The third-order valence-corrected chi connectivity index (χ3v) is 2.83. The Morgan fingerprint density at radius 1 is 1.24 bits per heavy atom. The molecule has 0 saturated heterocycles. The van der Waals surface area contributed by atoms with Crippen molar-refractivity contribution in [1.82, 2.24) is 0 Å². The van der Waals surface area contributed by atoms with Gasteiger partial charge in [-0.1, -0.05) is 0 Å². The van der Waals surface area contributed by atoms with Gasteiger partial charge in [0.05, 0.1) is 17.5 Å². The summed E-state index contributed by atoms with van der Waals surface area (Å²) in [5.41, 5.74) is 0.946. The smallest absolute Gasteiger partial charge is 0.306 e. The van der Waals surface area contributed by atoms with Gasteiger partial charge in [0, 0.05) is 5.56 Å². The Bertz CT molecular complexity index is 632.